The smallest absolute Gasteiger partial charge is 0.411 e. The maximum Gasteiger partial charge on any atom is 0.411 e. The van der Waals surface area contributed by atoms with Gasteiger partial charge in [0.15, 0.2) is 20.4 Å². The first-order valence-corrected chi connectivity index (χ1v) is 34.0. The summed E-state index contributed by atoms with van der Waals surface area (Å²) >= 11 is 0. The number of aliphatic carboxylic acids is 1. The van der Waals surface area contributed by atoms with E-state index in [1.54, 1.807) is 41.5 Å². The van der Waals surface area contributed by atoms with Crippen molar-refractivity contribution in [3.63, 3.8) is 0 Å². The van der Waals surface area contributed by atoms with Crippen molar-refractivity contribution < 1.29 is 111 Å². The molecule has 11 N–H and O–H groups in total. The van der Waals surface area contributed by atoms with Crippen LogP contribution in [-0.4, -0.2) is 350 Å². The molecule has 8 aliphatic rings. The number of nitrogens with zero attached hydrogens (tertiary/aromatic N) is 5. The third-order valence-electron chi connectivity index (χ3n) is 15.9. The van der Waals surface area contributed by atoms with Crippen molar-refractivity contribution in [2.75, 3.05) is 172 Å². The van der Waals surface area contributed by atoms with E-state index in [2.05, 4.69) is 74.4 Å². The van der Waals surface area contributed by atoms with Crippen LogP contribution in [0.4, 0.5) is 9.59 Å². The molecule has 0 spiro atoms. The van der Waals surface area contributed by atoms with E-state index in [0.29, 0.717) is 42.9 Å². The molecular weight excluding hydrogens is 1270 g/mol. The first kappa shape index (κ1) is 84.4. The summed E-state index contributed by atoms with van der Waals surface area (Å²) in [5.74, 6) is -3.54. The first-order chi connectivity index (χ1) is 43.1. The average Bonchev–Trinajstić information content (AvgIpc) is 0.940. The van der Waals surface area contributed by atoms with Gasteiger partial charge in [-0.3, -0.25) is 38.8 Å². The summed E-state index contributed by atoms with van der Waals surface area (Å²) in [7, 11) is 0.751. The van der Waals surface area contributed by atoms with Gasteiger partial charge in [0.05, 0.1) is 113 Å². The number of methoxy groups -OCH3 is 2. The summed E-state index contributed by atoms with van der Waals surface area (Å²) in [5.41, 5.74) is 3.68. The van der Waals surface area contributed by atoms with E-state index >= 15 is 0 Å². The molecule has 8 rings (SSSR count). The van der Waals surface area contributed by atoms with Crippen LogP contribution < -0.4 is 27.0 Å². The lowest BCUT2D eigenvalue weighted by Crippen LogP contribution is -2.67. The SMILES string of the molecule is CC(C)(C)OC(=O)N1CCOCC1C(=O)O.CC(C)(C)[Si](C)(C)OC[C@@H]1CN2CCOCC2CN1.COC(=O)[C@@H](CO)NC(=O)C1COCCN1C(=O)OC(C)(C)C.COC(=O)[C@H](N)CO.Cl.O=C1N[C@H](CO)C(=O)N2CCOCC12.OC[C@@H]1CN2CCOCC2CN1. The molecule has 0 bridgehead atoms. The number of hydrogen-bond donors (Lipinski definition) is 10. The van der Waals surface area contributed by atoms with E-state index < -0.39 is 98.4 Å². The largest absolute Gasteiger partial charge is 0.480 e. The van der Waals surface area contributed by atoms with E-state index in [1.165, 1.54) is 21.8 Å². The van der Waals surface area contributed by atoms with Crippen molar-refractivity contribution in [1.82, 2.24) is 45.8 Å². The second kappa shape index (κ2) is 40.7. The van der Waals surface area contributed by atoms with Gasteiger partial charge in [-0.1, -0.05) is 20.8 Å². The fourth-order valence-corrected chi connectivity index (χ4v) is 10.6. The molecule has 0 aromatic carbocycles. The number of amides is 5. The van der Waals surface area contributed by atoms with Gasteiger partial charge in [0.2, 0.25) is 17.7 Å². The summed E-state index contributed by atoms with van der Waals surface area (Å²) in [6.07, 6.45) is -1.25. The van der Waals surface area contributed by atoms with Crippen molar-refractivity contribution in [2.24, 2.45) is 5.73 Å². The molecule has 0 aliphatic carbocycles. The number of piperazine rings is 3. The molecule has 33 nitrogen and oxygen atoms in total. The number of ether oxygens (including phenoxy) is 9. The van der Waals surface area contributed by atoms with Gasteiger partial charge < -0.3 is 104 Å². The highest BCUT2D eigenvalue weighted by Crippen LogP contribution is 2.36. The summed E-state index contributed by atoms with van der Waals surface area (Å²) in [5, 5.41) is 56.1. The Kier molecular flexibility index (Phi) is 36.9. The monoisotopic (exact) mass is 1380 g/mol. The van der Waals surface area contributed by atoms with Gasteiger partial charge in [-0.2, -0.15) is 0 Å². The molecule has 0 radical (unpaired) electrons. The van der Waals surface area contributed by atoms with Gasteiger partial charge in [0.1, 0.15) is 35.4 Å². The molecule has 0 aromatic heterocycles. The number of morpholine rings is 5. The third kappa shape index (κ3) is 28.5. The molecule has 10 atom stereocenters. The molecule has 93 heavy (non-hydrogen) atoms. The number of carbonyl (C=O) groups is 8. The van der Waals surface area contributed by atoms with Crippen molar-refractivity contribution in [3.8, 4) is 0 Å². The molecular formula is C58H109ClN10O23Si. The highest BCUT2D eigenvalue weighted by Gasteiger charge is 2.43. The molecule has 35 heteroatoms. The maximum atomic E-state index is 12.3. The third-order valence-corrected chi connectivity index (χ3v) is 20.4. The van der Waals surface area contributed by atoms with Crippen LogP contribution in [0.1, 0.15) is 62.3 Å². The Bertz CT molecular complexity index is 2320. The molecule has 0 saturated carbocycles. The van der Waals surface area contributed by atoms with Gasteiger partial charge in [-0.15, -0.1) is 12.4 Å². The van der Waals surface area contributed by atoms with E-state index in [9.17, 15) is 38.4 Å². The van der Waals surface area contributed by atoms with Crippen molar-refractivity contribution in [1.29, 1.82) is 0 Å². The number of nitrogens with one attached hydrogen (secondary N) is 4. The summed E-state index contributed by atoms with van der Waals surface area (Å²) in [6, 6.07) is -3.45. The number of carbonyl (C=O) groups excluding carboxylic acids is 7. The van der Waals surface area contributed by atoms with Crippen molar-refractivity contribution in [2.45, 2.75) is 152 Å². The Morgan fingerprint density at radius 1 is 0.645 bits per heavy atom. The van der Waals surface area contributed by atoms with Gasteiger partial charge in [0.25, 0.3) is 0 Å². The molecule has 5 amide bonds. The molecule has 8 fully saturated rings. The van der Waals surface area contributed by atoms with Gasteiger partial charge in [-0.25, -0.2) is 19.2 Å². The summed E-state index contributed by atoms with van der Waals surface area (Å²) < 4.78 is 51.6. The lowest BCUT2D eigenvalue weighted by molar-refractivity contribution is -0.158. The zero-order chi connectivity index (χ0) is 69.1. The number of esters is 2. The minimum Gasteiger partial charge on any atom is -0.480 e. The Morgan fingerprint density at radius 2 is 1.11 bits per heavy atom. The highest BCUT2D eigenvalue weighted by molar-refractivity contribution is 6.74. The topological polar surface area (TPSA) is 420 Å². The van der Waals surface area contributed by atoms with E-state index in [-0.39, 0.29) is 89.6 Å². The number of carboxylic acid groups (broad SMARTS) is 1. The van der Waals surface area contributed by atoms with Crippen molar-refractivity contribution >= 4 is 68.5 Å². The van der Waals surface area contributed by atoms with Crippen LogP contribution in [0.2, 0.25) is 18.1 Å². The number of halogens is 1. The molecule has 8 aliphatic heterocycles. The number of rotatable bonds is 12. The fraction of sp³-hybridized carbons (Fsp3) is 0.862. The number of aliphatic hydroxyl groups is 4. The second-order valence-corrected chi connectivity index (χ2v) is 31.0. The number of nitrogens with two attached hydrogens (primary N) is 1. The van der Waals surface area contributed by atoms with E-state index in [0.717, 1.165) is 79.4 Å². The van der Waals surface area contributed by atoms with Crippen LogP contribution in [0, 0.1) is 0 Å². The first-order valence-electron chi connectivity index (χ1n) is 31.1. The predicted octanol–water partition coefficient (Wildman–Crippen LogP) is -3.08. The molecule has 8 heterocycles. The summed E-state index contributed by atoms with van der Waals surface area (Å²) in [6.45, 7) is 33.4. The zero-order valence-corrected chi connectivity index (χ0v) is 58.4. The summed E-state index contributed by atoms with van der Waals surface area (Å²) in [4.78, 5) is 101. The number of fused-ring (bicyclic) bond motifs is 3. The van der Waals surface area contributed by atoms with Gasteiger partial charge >= 0.3 is 30.1 Å². The normalized spacial score (nSPS) is 25.6. The van der Waals surface area contributed by atoms with Crippen LogP contribution >= 0.6 is 12.4 Å². The number of hydrogen-bond acceptors (Lipinski definition) is 27. The quantitative estimate of drug-likeness (QED) is 0.0526. The minimum absolute atomic E-state index is 0. The lowest BCUT2D eigenvalue weighted by atomic mass is 10.1. The van der Waals surface area contributed by atoms with Crippen LogP contribution in [0.5, 0.6) is 0 Å². The second-order valence-electron chi connectivity index (χ2n) is 26.2. The van der Waals surface area contributed by atoms with Crippen molar-refractivity contribution in [3.05, 3.63) is 0 Å². The maximum absolute atomic E-state index is 12.3. The number of carboxylic acids is 1. The van der Waals surface area contributed by atoms with Crippen LogP contribution in [0.25, 0.3) is 0 Å². The van der Waals surface area contributed by atoms with Crippen LogP contribution in [0.3, 0.4) is 0 Å². The predicted molar refractivity (Wildman–Crippen MR) is 340 cm³/mol. The molecule has 0 aromatic rings. The Labute approximate surface area is 553 Å². The minimum atomic E-state index is -1.62. The van der Waals surface area contributed by atoms with E-state index in [1.807, 2.05) is 0 Å². The Morgan fingerprint density at radius 3 is 1.56 bits per heavy atom. The molecule has 5 unspecified atom stereocenters. The average molecular weight is 1380 g/mol. The van der Waals surface area contributed by atoms with E-state index in [4.69, 9.17) is 68.9 Å². The van der Waals surface area contributed by atoms with Gasteiger partial charge in [-0.05, 0) is 59.7 Å². The number of aliphatic hydroxyl groups excluding tert-OH is 4. The molecule has 8 saturated heterocycles. The highest BCUT2D eigenvalue weighted by atomic mass is 35.5. The van der Waals surface area contributed by atoms with Crippen LogP contribution in [0.15, 0.2) is 0 Å². The lowest BCUT2D eigenvalue weighted by Gasteiger charge is -2.44. The molecule has 540 valence electrons. The Balaban J connectivity index is 0.000000388. The zero-order valence-electron chi connectivity index (χ0n) is 56.6. The van der Waals surface area contributed by atoms with Gasteiger partial charge in [0, 0.05) is 83.1 Å². The standard InChI is InChI=1S/C14H24N2O7.C14H30N2O2Si.C10H17NO5.C8H12N2O4.C8H16N2O2.C4H9NO3.ClH/c1-14(2,3)23-13(20)16-5-6-22-8-10(16)11(18)15-9(7-17)12(19)21-4;1-14(2,3)19(4,5)18-10-12-9-16-6-7-17-11-13(16)8-15-12;1-10(2,3)16-9(14)11-4-5-15-6-7(11)8(12)13;11-3-5-8(13)10-1-2-14-4-6(10)7(12)9-5;11-5-7-4-10-1-2-12-6-8(10)3-9-7;1-8-4(7)3(5)2-6;/h9-10,17H,5-8H2,1-4H3,(H,15,18);12-13,15H,6-11H2,1-5H3;7H,4-6H2,1-3H3,(H,12,13);5-6,11H,1-4H2,(H,9,12);7-9,11H,1-6H2;3,6H,2,5H2,1H3;1H/t9-,10?;12-,13?;;5-,6?;7-,8?;3-;/m10.101./s1. The van der Waals surface area contributed by atoms with Crippen LogP contribution in [-0.2, 0) is 75.8 Å². The fourth-order valence-electron chi connectivity index (χ4n) is 9.56. The Hall–Kier alpha value is -4.73.